The number of anilines is 1. The summed E-state index contributed by atoms with van der Waals surface area (Å²) >= 11 is 7.58. The highest BCUT2D eigenvalue weighted by Gasteiger charge is 2.33. The molecular formula is C28H29ClN2O4S. The summed E-state index contributed by atoms with van der Waals surface area (Å²) in [5.41, 5.74) is 3.42. The highest BCUT2D eigenvalue weighted by atomic mass is 35.5. The zero-order chi connectivity index (χ0) is 25.9. The Kier molecular flexibility index (Phi) is 7.81. The number of fused-ring (bicyclic) bond motifs is 1. The SMILES string of the molecule is CC(C)(C)[C@@H]1CCc2c(sc(N=Cc3ccc(OCC(=O)O)cc3)c2C(=O)Nc2ccc(Cl)cc2)C1. The van der Waals surface area contributed by atoms with Crippen molar-refractivity contribution in [3.63, 3.8) is 0 Å². The van der Waals surface area contributed by atoms with Crippen LogP contribution < -0.4 is 10.1 Å². The monoisotopic (exact) mass is 524 g/mol. The Labute approximate surface area is 220 Å². The number of nitrogens with zero attached hydrogens (tertiary/aromatic N) is 1. The molecule has 0 bridgehead atoms. The molecule has 1 aromatic heterocycles. The molecule has 0 aliphatic heterocycles. The number of carbonyl (C=O) groups is 2. The minimum atomic E-state index is -1.03. The maximum Gasteiger partial charge on any atom is 0.341 e. The number of amides is 1. The summed E-state index contributed by atoms with van der Waals surface area (Å²) in [5.74, 6) is -0.183. The van der Waals surface area contributed by atoms with Crippen molar-refractivity contribution in [2.45, 2.75) is 40.0 Å². The molecule has 1 aliphatic rings. The minimum absolute atomic E-state index is 0.173. The Morgan fingerprint density at radius 1 is 1.17 bits per heavy atom. The van der Waals surface area contributed by atoms with E-state index in [9.17, 15) is 9.59 Å². The summed E-state index contributed by atoms with van der Waals surface area (Å²) in [6.07, 6.45) is 4.55. The minimum Gasteiger partial charge on any atom is -0.482 e. The van der Waals surface area contributed by atoms with Crippen molar-refractivity contribution in [3.05, 3.63) is 75.1 Å². The van der Waals surface area contributed by atoms with E-state index in [4.69, 9.17) is 26.4 Å². The summed E-state index contributed by atoms with van der Waals surface area (Å²) < 4.78 is 5.19. The Bertz CT molecular complexity index is 1270. The first-order chi connectivity index (χ1) is 17.1. The normalized spacial score (nSPS) is 15.5. The van der Waals surface area contributed by atoms with Gasteiger partial charge in [0.15, 0.2) is 6.61 Å². The van der Waals surface area contributed by atoms with Crippen molar-refractivity contribution in [2.24, 2.45) is 16.3 Å². The molecule has 1 atom stereocenters. The molecule has 0 saturated carbocycles. The molecule has 0 spiro atoms. The lowest BCUT2D eigenvalue weighted by atomic mass is 9.72. The lowest BCUT2D eigenvalue weighted by molar-refractivity contribution is -0.139. The van der Waals surface area contributed by atoms with Gasteiger partial charge in [-0.05, 0) is 90.3 Å². The van der Waals surface area contributed by atoms with E-state index < -0.39 is 12.6 Å². The van der Waals surface area contributed by atoms with Crippen LogP contribution in [0.25, 0.3) is 0 Å². The summed E-state index contributed by atoms with van der Waals surface area (Å²) in [5, 5.41) is 13.1. The van der Waals surface area contributed by atoms with Crippen molar-refractivity contribution in [1.82, 2.24) is 0 Å². The highest BCUT2D eigenvalue weighted by molar-refractivity contribution is 7.16. The van der Waals surface area contributed by atoms with Gasteiger partial charge in [-0.3, -0.25) is 4.79 Å². The fraction of sp³-hybridized carbons (Fsp3) is 0.321. The predicted molar refractivity (Wildman–Crippen MR) is 146 cm³/mol. The lowest BCUT2D eigenvalue weighted by Crippen LogP contribution is -2.27. The summed E-state index contributed by atoms with van der Waals surface area (Å²) in [7, 11) is 0. The van der Waals surface area contributed by atoms with Crippen LogP contribution in [0.3, 0.4) is 0 Å². The van der Waals surface area contributed by atoms with E-state index in [1.165, 1.54) is 4.88 Å². The van der Waals surface area contributed by atoms with E-state index >= 15 is 0 Å². The quantitative estimate of drug-likeness (QED) is 0.325. The number of rotatable bonds is 7. The van der Waals surface area contributed by atoms with Crippen LogP contribution in [0, 0.1) is 11.3 Å². The van der Waals surface area contributed by atoms with E-state index in [0.717, 1.165) is 30.4 Å². The smallest absolute Gasteiger partial charge is 0.341 e. The van der Waals surface area contributed by atoms with Crippen LogP contribution in [0.2, 0.25) is 5.02 Å². The van der Waals surface area contributed by atoms with Gasteiger partial charge in [-0.1, -0.05) is 32.4 Å². The van der Waals surface area contributed by atoms with Crippen LogP contribution >= 0.6 is 22.9 Å². The van der Waals surface area contributed by atoms with Gasteiger partial charge in [0.05, 0.1) is 5.56 Å². The molecule has 0 unspecified atom stereocenters. The molecule has 36 heavy (non-hydrogen) atoms. The number of nitrogens with one attached hydrogen (secondary N) is 1. The van der Waals surface area contributed by atoms with Gasteiger partial charge in [0.2, 0.25) is 0 Å². The maximum atomic E-state index is 13.4. The summed E-state index contributed by atoms with van der Waals surface area (Å²) in [6, 6.07) is 14.1. The number of halogens is 1. The van der Waals surface area contributed by atoms with Gasteiger partial charge in [0, 0.05) is 21.8 Å². The van der Waals surface area contributed by atoms with Gasteiger partial charge in [-0.15, -0.1) is 11.3 Å². The van der Waals surface area contributed by atoms with Crippen molar-refractivity contribution in [1.29, 1.82) is 0 Å². The van der Waals surface area contributed by atoms with Gasteiger partial charge >= 0.3 is 5.97 Å². The number of hydrogen-bond donors (Lipinski definition) is 2. The van der Waals surface area contributed by atoms with E-state index in [1.54, 1.807) is 66.1 Å². The molecule has 1 amide bonds. The van der Waals surface area contributed by atoms with Gasteiger partial charge in [0.25, 0.3) is 5.91 Å². The van der Waals surface area contributed by atoms with Crippen LogP contribution in [0.5, 0.6) is 5.75 Å². The molecule has 0 saturated heterocycles. The van der Waals surface area contributed by atoms with Gasteiger partial charge in [-0.2, -0.15) is 0 Å². The molecule has 1 aliphatic carbocycles. The number of aliphatic imine (C=N–C) groups is 1. The Balaban J connectivity index is 1.62. The average Bonchev–Trinajstić information content (AvgIpc) is 3.20. The number of carboxylic acids is 1. The van der Waals surface area contributed by atoms with Gasteiger partial charge in [0.1, 0.15) is 10.8 Å². The number of aliphatic carboxylic acids is 1. The first kappa shape index (κ1) is 25.9. The van der Waals surface area contributed by atoms with Crippen LogP contribution in [0.1, 0.15) is 53.6 Å². The van der Waals surface area contributed by atoms with E-state index in [0.29, 0.717) is 32.9 Å². The standard InChI is InChI=1S/C28H29ClN2O4S/c1-28(2,3)18-6-13-22-23(14-18)36-27(25(22)26(34)31-20-9-7-19(29)8-10-20)30-15-17-4-11-21(12-5-17)35-16-24(32)33/h4-5,7-12,15,18H,6,13-14,16H2,1-3H3,(H,31,34)(H,32,33)/t18-/m1/s1. The van der Waals surface area contributed by atoms with Gasteiger partial charge in [-0.25, -0.2) is 9.79 Å². The third-order valence-electron chi connectivity index (χ3n) is 6.37. The molecule has 6 nitrogen and oxygen atoms in total. The third kappa shape index (κ3) is 6.33. The van der Waals surface area contributed by atoms with Crippen molar-refractivity contribution in [2.75, 3.05) is 11.9 Å². The number of carboxylic acid groups (broad SMARTS) is 1. The second-order valence-electron chi connectivity index (χ2n) is 9.96. The Morgan fingerprint density at radius 2 is 1.86 bits per heavy atom. The van der Waals surface area contributed by atoms with Crippen LogP contribution in [-0.4, -0.2) is 29.8 Å². The topological polar surface area (TPSA) is 88.0 Å². The Morgan fingerprint density at radius 3 is 2.50 bits per heavy atom. The molecule has 0 radical (unpaired) electrons. The average molecular weight is 525 g/mol. The first-order valence-corrected chi connectivity index (χ1v) is 13.0. The van der Waals surface area contributed by atoms with Crippen molar-refractivity contribution >= 4 is 51.7 Å². The fourth-order valence-electron chi connectivity index (χ4n) is 4.29. The number of carbonyl (C=O) groups excluding carboxylic acids is 1. The van der Waals surface area contributed by atoms with E-state index in [-0.39, 0.29) is 11.3 Å². The lowest BCUT2D eigenvalue weighted by Gasteiger charge is -2.33. The molecule has 3 aromatic rings. The van der Waals surface area contributed by atoms with Crippen LogP contribution in [0.4, 0.5) is 10.7 Å². The van der Waals surface area contributed by atoms with Crippen molar-refractivity contribution in [3.8, 4) is 5.75 Å². The second kappa shape index (κ2) is 10.8. The molecule has 4 rings (SSSR count). The molecule has 8 heteroatoms. The number of benzene rings is 2. The largest absolute Gasteiger partial charge is 0.482 e. The number of ether oxygens (including phenoxy) is 1. The van der Waals surface area contributed by atoms with Gasteiger partial charge < -0.3 is 15.2 Å². The zero-order valence-electron chi connectivity index (χ0n) is 20.5. The first-order valence-electron chi connectivity index (χ1n) is 11.8. The van der Waals surface area contributed by atoms with E-state index in [1.807, 2.05) is 0 Å². The summed E-state index contributed by atoms with van der Waals surface area (Å²) in [6.45, 7) is 6.42. The van der Waals surface area contributed by atoms with Crippen molar-refractivity contribution < 1.29 is 19.4 Å². The molecule has 188 valence electrons. The second-order valence-corrected chi connectivity index (χ2v) is 11.5. The Hall–Kier alpha value is -3.16. The molecule has 1 heterocycles. The number of thiophene rings is 1. The van der Waals surface area contributed by atoms with Crippen LogP contribution in [-0.2, 0) is 17.6 Å². The zero-order valence-corrected chi connectivity index (χ0v) is 22.1. The summed E-state index contributed by atoms with van der Waals surface area (Å²) in [4.78, 5) is 30.1. The molecule has 2 N–H and O–H groups in total. The van der Waals surface area contributed by atoms with E-state index in [2.05, 4.69) is 26.1 Å². The molecule has 0 fully saturated rings. The maximum absolute atomic E-state index is 13.4. The third-order valence-corrected chi connectivity index (χ3v) is 7.79. The number of hydrogen-bond acceptors (Lipinski definition) is 5. The molecular weight excluding hydrogens is 496 g/mol. The molecule has 2 aromatic carbocycles. The predicted octanol–water partition coefficient (Wildman–Crippen LogP) is 7.02. The highest BCUT2D eigenvalue weighted by Crippen LogP contribution is 2.45. The fourth-order valence-corrected chi connectivity index (χ4v) is 5.69. The van der Waals surface area contributed by atoms with Crippen LogP contribution in [0.15, 0.2) is 53.5 Å².